The van der Waals surface area contributed by atoms with Crippen molar-refractivity contribution in [1.82, 2.24) is 0 Å². The highest BCUT2D eigenvalue weighted by atomic mass is 127. The Labute approximate surface area is 85.0 Å². The Balaban J connectivity index is 2.67. The molecule has 5 atom stereocenters. The molecule has 0 aromatic carbocycles. The van der Waals surface area contributed by atoms with Gasteiger partial charge in [-0.05, 0) is 29.5 Å². The Kier molecular flexibility index (Phi) is 3.72. The number of aliphatic hydroxyl groups excluding tert-OH is 2. The molecule has 1 saturated heterocycles. The van der Waals surface area contributed by atoms with Crippen LogP contribution in [0.5, 0.6) is 0 Å². The minimum Gasteiger partial charge on any atom is -0.388 e. The van der Waals surface area contributed by atoms with Crippen molar-refractivity contribution >= 4 is 22.6 Å². The molecule has 0 saturated carbocycles. The minimum absolute atomic E-state index is 0.291. The molecule has 1 rings (SSSR count). The number of alkyl halides is 1. The standard InChI is InChI=1S/C7H13IO4/c1-3-4(9)6(11-2)5(10)7(8)12-3/h3-7,9-10H,1-2H3/t3?,4-,5-,6?,7+/m0/s1. The molecule has 1 heterocycles. The van der Waals surface area contributed by atoms with Gasteiger partial charge in [-0.3, -0.25) is 0 Å². The van der Waals surface area contributed by atoms with Gasteiger partial charge in [-0.2, -0.15) is 0 Å². The molecule has 5 heteroatoms. The van der Waals surface area contributed by atoms with Crippen molar-refractivity contribution < 1.29 is 19.7 Å². The predicted molar refractivity (Wildman–Crippen MR) is 51.2 cm³/mol. The first kappa shape index (κ1) is 10.6. The van der Waals surface area contributed by atoms with E-state index in [1.165, 1.54) is 7.11 Å². The summed E-state index contributed by atoms with van der Waals surface area (Å²) in [7, 11) is 1.47. The van der Waals surface area contributed by atoms with E-state index in [0.717, 1.165) is 0 Å². The fourth-order valence-electron chi connectivity index (χ4n) is 1.26. The van der Waals surface area contributed by atoms with Crippen molar-refractivity contribution in [3.63, 3.8) is 0 Å². The van der Waals surface area contributed by atoms with Crippen LogP contribution in [-0.4, -0.2) is 45.8 Å². The van der Waals surface area contributed by atoms with Crippen molar-refractivity contribution in [3.05, 3.63) is 0 Å². The second-order valence-electron chi connectivity index (χ2n) is 2.87. The normalized spacial score (nSPS) is 49.2. The molecule has 0 aromatic heterocycles. The number of hydrogen-bond acceptors (Lipinski definition) is 4. The molecule has 0 aliphatic carbocycles. The predicted octanol–water partition coefficient (Wildman–Crippen LogP) is -0.0970. The van der Waals surface area contributed by atoms with Crippen LogP contribution in [0.25, 0.3) is 0 Å². The van der Waals surface area contributed by atoms with E-state index < -0.39 is 18.3 Å². The second kappa shape index (κ2) is 4.19. The Morgan fingerprint density at radius 1 is 1.33 bits per heavy atom. The summed E-state index contributed by atoms with van der Waals surface area (Å²) in [6.45, 7) is 1.76. The fourth-order valence-corrected chi connectivity index (χ4v) is 2.14. The van der Waals surface area contributed by atoms with Crippen molar-refractivity contribution in [3.8, 4) is 0 Å². The van der Waals surface area contributed by atoms with Crippen LogP contribution < -0.4 is 0 Å². The van der Waals surface area contributed by atoms with Crippen LogP contribution in [0.2, 0.25) is 0 Å². The zero-order valence-corrected chi connectivity index (χ0v) is 9.13. The zero-order chi connectivity index (χ0) is 9.30. The smallest absolute Gasteiger partial charge is 0.137 e. The lowest BCUT2D eigenvalue weighted by molar-refractivity contribution is -0.196. The van der Waals surface area contributed by atoms with Gasteiger partial charge in [0.1, 0.15) is 22.4 Å². The summed E-state index contributed by atoms with van der Waals surface area (Å²) in [6.07, 6.45) is -2.35. The van der Waals surface area contributed by atoms with E-state index >= 15 is 0 Å². The molecule has 0 spiro atoms. The lowest BCUT2D eigenvalue weighted by Crippen LogP contribution is -2.55. The van der Waals surface area contributed by atoms with E-state index in [1.807, 2.05) is 22.6 Å². The van der Waals surface area contributed by atoms with Crippen molar-refractivity contribution in [2.45, 2.75) is 35.5 Å². The van der Waals surface area contributed by atoms with Crippen LogP contribution in [0.1, 0.15) is 6.92 Å². The zero-order valence-electron chi connectivity index (χ0n) is 6.98. The van der Waals surface area contributed by atoms with E-state index in [2.05, 4.69) is 0 Å². The van der Waals surface area contributed by atoms with E-state index in [0.29, 0.717) is 0 Å². The molecule has 12 heavy (non-hydrogen) atoms. The van der Waals surface area contributed by atoms with Gasteiger partial charge in [-0.15, -0.1) is 0 Å². The number of halogens is 1. The molecule has 2 N–H and O–H groups in total. The molecule has 0 amide bonds. The van der Waals surface area contributed by atoms with Gasteiger partial charge in [0, 0.05) is 7.11 Å². The molecule has 0 radical (unpaired) electrons. The van der Waals surface area contributed by atoms with Crippen LogP contribution in [0, 0.1) is 0 Å². The number of methoxy groups -OCH3 is 1. The van der Waals surface area contributed by atoms with Gasteiger partial charge in [0.15, 0.2) is 0 Å². The third-order valence-electron chi connectivity index (χ3n) is 2.04. The van der Waals surface area contributed by atoms with Gasteiger partial charge in [-0.25, -0.2) is 0 Å². The van der Waals surface area contributed by atoms with Crippen molar-refractivity contribution in [2.24, 2.45) is 0 Å². The lowest BCUT2D eigenvalue weighted by Gasteiger charge is -2.38. The molecule has 1 aliphatic heterocycles. The van der Waals surface area contributed by atoms with E-state index in [9.17, 15) is 10.2 Å². The molecule has 1 fully saturated rings. The molecule has 72 valence electrons. The first-order chi connectivity index (χ1) is 5.57. The molecule has 1 aliphatic rings. The van der Waals surface area contributed by atoms with Crippen LogP contribution in [0.3, 0.4) is 0 Å². The highest BCUT2D eigenvalue weighted by Gasteiger charge is 2.41. The van der Waals surface area contributed by atoms with Crippen molar-refractivity contribution in [2.75, 3.05) is 7.11 Å². The summed E-state index contributed by atoms with van der Waals surface area (Å²) in [5.74, 6) is 0. The number of hydrogen-bond donors (Lipinski definition) is 2. The maximum atomic E-state index is 9.51. The number of ether oxygens (including phenoxy) is 2. The number of rotatable bonds is 1. The van der Waals surface area contributed by atoms with Crippen LogP contribution in [0.4, 0.5) is 0 Å². The SMILES string of the molecule is COC1[C@@H](O)C(C)O[C@@H](I)[C@H]1O. The fraction of sp³-hybridized carbons (Fsp3) is 1.00. The minimum atomic E-state index is -0.762. The average Bonchev–Trinajstić information content (AvgIpc) is 2.02. The summed E-state index contributed by atoms with van der Waals surface area (Å²) in [6, 6.07) is 0. The highest BCUT2D eigenvalue weighted by Crippen LogP contribution is 2.26. The largest absolute Gasteiger partial charge is 0.388 e. The van der Waals surface area contributed by atoms with Gasteiger partial charge in [0.25, 0.3) is 0 Å². The summed E-state index contributed by atoms with van der Waals surface area (Å²) >= 11 is 1.98. The van der Waals surface area contributed by atoms with Crippen LogP contribution >= 0.6 is 22.6 Å². The van der Waals surface area contributed by atoms with Crippen molar-refractivity contribution in [1.29, 1.82) is 0 Å². The first-order valence-electron chi connectivity index (χ1n) is 3.76. The quantitative estimate of drug-likeness (QED) is 0.523. The molecule has 0 bridgehead atoms. The van der Waals surface area contributed by atoms with Crippen LogP contribution in [0.15, 0.2) is 0 Å². The third kappa shape index (κ3) is 1.90. The molecular formula is C7H13IO4. The van der Waals surface area contributed by atoms with Gasteiger partial charge < -0.3 is 19.7 Å². The van der Waals surface area contributed by atoms with E-state index in [-0.39, 0.29) is 10.2 Å². The Bertz CT molecular complexity index is 140. The maximum absolute atomic E-state index is 9.51. The Morgan fingerprint density at radius 2 is 1.92 bits per heavy atom. The topological polar surface area (TPSA) is 58.9 Å². The molecular weight excluding hydrogens is 275 g/mol. The van der Waals surface area contributed by atoms with Crippen LogP contribution in [-0.2, 0) is 9.47 Å². The third-order valence-corrected chi connectivity index (χ3v) is 3.07. The molecule has 4 nitrogen and oxygen atoms in total. The maximum Gasteiger partial charge on any atom is 0.137 e. The Morgan fingerprint density at radius 3 is 2.42 bits per heavy atom. The summed E-state index contributed by atoms with van der Waals surface area (Å²) in [5, 5.41) is 19.0. The van der Waals surface area contributed by atoms with Gasteiger partial charge in [-0.1, -0.05) is 0 Å². The number of aliphatic hydroxyl groups is 2. The summed E-state index contributed by atoms with van der Waals surface area (Å²) < 4.78 is 9.91. The first-order valence-corrected chi connectivity index (χ1v) is 5.01. The monoisotopic (exact) mass is 288 g/mol. The second-order valence-corrected chi connectivity index (χ2v) is 4.10. The van der Waals surface area contributed by atoms with Gasteiger partial charge in [0.05, 0.1) is 6.10 Å². The molecule has 2 unspecified atom stereocenters. The van der Waals surface area contributed by atoms with Gasteiger partial charge in [0.2, 0.25) is 0 Å². The van der Waals surface area contributed by atoms with E-state index in [4.69, 9.17) is 9.47 Å². The summed E-state index contributed by atoms with van der Waals surface area (Å²) in [5.41, 5.74) is 0. The highest BCUT2D eigenvalue weighted by molar-refractivity contribution is 14.1. The lowest BCUT2D eigenvalue weighted by atomic mass is 10.0. The summed E-state index contributed by atoms with van der Waals surface area (Å²) in [4.78, 5) is 0. The Hall–Kier alpha value is 0.570. The van der Waals surface area contributed by atoms with E-state index in [1.54, 1.807) is 6.92 Å². The van der Waals surface area contributed by atoms with Gasteiger partial charge >= 0.3 is 0 Å². The average molecular weight is 288 g/mol. The molecule has 0 aromatic rings.